The monoisotopic (exact) mass is 418 g/mol. The number of hydrogen-bond donors (Lipinski definition) is 0. The van der Waals surface area contributed by atoms with E-state index in [2.05, 4.69) is 0 Å². The molecule has 0 aromatic carbocycles. The van der Waals surface area contributed by atoms with Gasteiger partial charge in [0, 0.05) is 12.7 Å². The average Bonchev–Trinajstić information content (AvgIpc) is 3.04. The number of rotatable bonds is 10. The summed E-state index contributed by atoms with van der Waals surface area (Å²) in [6, 6.07) is -1.66. The third-order valence-corrected chi connectivity index (χ3v) is 5.63. The Hall–Kier alpha value is 0.0499. The lowest BCUT2D eigenvalue weighted by atomic mass is 9.94. The second-order valence-corrected chi connectivity index (χ2v) is 9.79. The van der Waals surface area contributed by atoms with Gasteiger partial charge in [0.05, 0.1) is 37.5 Å². The molecule has 158 valence electrons. The molecule has 2 fully saturated rings. The number of hydrogen-bond acceptors (Lipinski definition) is 7. The van der Waals surface area contributed by atoms with Crippen LogP contribution in [0.4, 0.5) is 4.39 Å². The van der Waals surface area contributed by atoms with Crippen LogP contribution in [0.25, 0.3) is 0 Å². The van der Waals surface area contributed by atoms with Gasteiger partial charge in [0.25, 0.3) is 0 Å². The fraction of sp³-hybridized carbons (Fsp3) is 1.00. The second-order valence-electron chi connectivity index (χ2n) is 7.77. The molecule has 0 saturated carbocycles. The molecule has 2 aliphatic rings. The van der Waals surface area contributed by atoms with E-state index in [1.807, 2.05) is 27.7 Å². The molecule has 0 spiro atoms. The molecule has 4 unspecified atom stereocenters. The van der Waals surface area contributed by atoms with Gasteiger partial charge in [-0.15, -0.1) is 0 Å². The third-order valence-electron chi connectivity index (χ3n) is 4.38. The molecule has 4 radical (unpaired) electrons. The molecular formula is C17H30B2FO7P. The van der Waals surface area contributed by atoms with Crippen molar-refractivity contribution < 1.29 is 37.0 Å². The molecule has 0 aromatic rings. The van der Waals surface area contributed by atoms with E-state index < -0.39 is 44.1 Å². The number of halogens is 1. The van der Waals surface area contributed by atoms with Gasteiger partial charge < -0.3 is 23.5 Å². The van der Waals surface area contributed by atoms with Crippen molar-refractivity contribution in [1.29, 1.82) is 0 Å². The van der Waals surface area contributed by atoms with Gasteiger partial charge in [0.1, 0.15) is 40.2 Å². The van der Waals surface area contributed by atoms with Gasteiger partial charge in [0.2, 0.25) is 0 Å². The SMILES string of the molecule is [B][C@@H]1O[C@H](COC(C)C)C(OP(C)(=O)OC[C@H]2O[C@@H]([B])CC2OC(C)C)C1F. The first kappa shape index (κ1) is 24.3. The van der Waals surface area contributed by atoms with Crippen molar-refractivity contribution in [3.63, 3.8) is 0 Å². The molecule has 2 rings (SSSR count). The van der Waals surface area contributed by atoms with Gasteiger partial charge in [-0.05, 0) is 34.1 Å². The standard InChI is InChI=1S/C17H30B2FO7P/c1-9(2)22-7-13-16(15(20)17(19)26-13)27-28(5,21)23-8-12-11(24-10(3)4)6-14(18)25-12/h9-17H,6-8H2,1-5H3/t11?,12-,13-,14-,15?,16?,17-,28?/m1/s1. The highest BCUT2D eigenvalue weighted by Gasteiger charge is 2.46. The maximum atomic E-state index is 14.4. The lowest BCUT2D eigenvalue weighted by Crippen LogP contribution is -2.35. The van der Waals surface area contributed by atoms with Crippen LogP contribution >= 0.6 is 7.60 Å². The Balaban J connectivity index is 1.93. The Morgan fingerprint density at radius 3 is 2.39 bits per heavy atom. The molecule has 0 N–H and O–H groups in total. The highest BCUT2D eigenvalue weighted by Crippen LogP contribution is 2.48. The summed E-state index contributed by atoms with van der Waals surface area (Å²) in [5.41, 5.74) is 0. The van der Waals surface area contributed by atoms with Gasteiger partial charge in [-0.3, -0.25) is 9.09 Å². The third kappa shape index (κ3) is 7.08. The van der Waals surface area contributed by atoms with E-state index in [1.165, 1.54) is 6.66 Å². The van der Waals surface area contributed by atoms with E-state index >= 15 is 0 Å². The Morgan fingerprint density at radius 1 is 1.11 bits per heavy atom. The molecule has 2 saturated heterocycles. The molecule has 0 aliphatic carbocycles. The first-order valence-corrected chi connectivity index (χ1v) is 11.6. The van der Waals surface area contributed by atoms with Crippen LogP contribution in [-0.4, -0.2) is 90.4 Å². The Bertz CT molecular complexity index is 542. The van der Waals surface area contributed by atoms with Gasteiger partial charge in [0.15, 0.2) is 0 Å². The van der Waals surface area contributed by atoms with Crippen LogP contribution in [0.5, 0.6) is 0 Å². The van der Waals surface area contributed by atoms with Crippen LogP contribution in [0.2, 0.25) is 0 Å². The quantitative estimate of drug-likeness (QED) is 0.397. The summed E-state index contributed by atoms with van der Waals surface area (Å²) in [6.07, 6.45) is -3.94. The molecule has 0 bridgehead atoms. The largest absolute Gasteiger partial charge is 0.380 e. The van der Waals surface area contributed by atoms with Crippen molar-refractivity contribution in [3.8, 4) is 0 Å². The van der Waals surface area contributed by atoms with E-state index in [-0.39, 0.29) is 31.5 Å². The molecule has 11 heteroatoms. The zero-order valence-electron chi connectivity index (χ0n) is 17.2. The minimum Gasteiger partial charge on any atom is -0.380 e. The van der Waals surface area contributed by atoms with Gasteiger partial charge >= 0.3 is 7.60 Å². The van der Waals surface area contributed by atoms with E-state index in [4.69, 9.17) is 43.7 Å². The van der Waals surface area contributed by atoms with Crippen LogP contribution < -0.4 is 0 Å². The maximum absolute atomic E-state index is 14.4. The smallest absolute Gasteiger partial charge is 0.328 e. The molecule has 2 aliphatic heterocycles. The molecule has 0 amide bonds. The van der Waals surface area contributed by atoms with Crippen LogP contribution in [0, 0.1) is 0 Å². The van der Waals surface area contributed by atoms with Crippen molar-refractivity contribution in [1.82, 2.24) is 0 Å². The summed E-state index contributed by atoms with van der Waals surface area (Å²) in [5, 5.41) is 0. The molecule has 8 atom stereocenters. The molecule has 0 aromatic heterocycles. The van der Waals surface area contributed by atoms with Crippen molar-refractivity contribution >= 4 is 23.3 Å². The highest BCUT2D eigenvalue weighted by atomic mass is 31.2. The predicted octanol–water partition coefficient (Wildman–Crippen LogP) is 1.94. The molecule has 7 nitrogen and oxygen atoms in total. The normalized spacial score (nSPS) is 38.4. The minimum absolute atomic E-state index is 0.0165. The fourth-order valence-corrected chi connectivity index (χ4v) is 4.31. The van der Waals surface area contributed by atoms with Crippen LogP contribution in [0.15, 0.2) is 0 Å². The maximum Gasteiger partial charge on any atom is 0.328 e. The van der Waals surface area contributed by atoms with Gasteiger partial charge in [-0.2, -0.15) is 0 Å². The van der Waals surface area contributed by atoms with Crippen LogP contribution in [0.1, 0.15) is 34.1 Å². The topological polar surface area (TPSA) is 72.5 Å². The Labute approximate surface area is 169 Å². The lowest BCUT2D eigenvalue weighted by molar-refractivity contribution is -0.0609. The average molecular weight is 418 g/mol. The van der Waals surface area contributed by atoms with Gasteiger partial charge in [-0.1, -0.05) is 0 Å². The lowest BCUT2D eigenvalue weighted by Gasteiger charge is -2.26. The first-order valence-electron chi connectivity index (χ1n) is 9.62. The molecular weight excluding hydrogens is 388 g/mol. The van der Waals surface area contributed by atoms with Crippen molar-refractivity contribution in [2.45, 2.75) is 88.9 Å². The van der Waals surface area contributed by atoms with Gasteiger partial charge in [-0.25, -0.2) is 4.39 Å². The Morgan fingerprint density at radius 2 is 1.79 bits per heavy atom. The van der Waals surface area contributed by atoms with Crippen molar-refractivity contribution in [2.24, 2.45) is 0 Å². The summed E-state index contributed by atoms with van der Waals surface area (Å²) in [5.74, 6) is 0. The van der Waals surface area contributed by atoms with E-state index in [1.54, 1.807) is 0 Å². The zero-order valence-corrected chi connectivity index (χ0v) is 18.0. The Kier molecular flexibility index (Phi) is 9.02. The van der Waals surface area contributed by atoms with Crippen molar-refractivity contribution in [3.05, 3.63) is 0 Å². The van der Waals surface area contributed by atoms with Crippen LogP contribution in [-0.2, 0) is 32.6 Å². The zero-order chi connectivity index (χ0) is 21.1. The summed E-state index contributed by atoms with van der Waals surface area (Å²) in [4.78, 5) is 0. The van der Waals surface area contributed by atoms with E-state index in [0.29, 0.717) is 6.42 Å². The minimum atomic E-state index is -3.63. The summed E-state index contributed by atoms with van der Waals surface area (Å²) in [7, 11) is 7.81. The van der Waals surface area contributed by atoms with Crippen LogP contribution in [0.3, 0.4) is 0 Å². The predicted molar refractivity (Wildman–Crippen MR) is 104 cm³/mol. The fourth-order valence-electron chi connectivity index (χ4n) is 3.14. The summed E-state index contributed by atoms with van der Waals surface area (Å²) in [6.45, 7) is 8.78. The molecule has 2 heterocycles. The van der Waals surface area contributed by atoms with E-state index in [0.717, 1.165) is 0 Å². The van der Waals surface area contributed by atoms with Crippen molar-refractivity contribution in [2.75, 3.05) is 19.9 Å². The second kappa shape index (κ2) is 10.4. The highest BCUT2D eigenvalue weighted by molar-refractivity contribution is 7.53. The summed E-state index contributed by atoms with van der Waals surface area (Å²) < 4.78 is 60.3. The van der Waals surface area contributed by atoms with E-state index in [9.17, 15) is 8.96 Å². The summed E-state index contributed by atoms with van der Waals surface area (Å²) >= 11 is 0. The first-order chi connectivity index (χ1) is 13.0. The molecule has 28 heavy (non-hydrogen) atoms. The number of ether oxygens (including phenoxy) is 4. The number of alkyl halides is 1.